The van der Waals surface area contributed by atoms with Crippen LogP contribution in [-0.4, -0.2) is 37.9 Å². The first-order chi connectivity index (χ1) is 19.6. The van der Waals surface area contributed by atoms with E-state index < -0.39 is 24.0 Å². The molecule has 1 atom stereocenters. The number of nitriles is 1. The van der Waals surface area contributed by atoms with Gasteiger partial charge >= 0.3 is 0 Å². The van der Waals surface area contributed by atoms with Crippen LogP contribution in [-0.2, 0) is 5.54 Å². The van der Waals surface area contributed by atoms with Gasteiger partial charge in [-0.1, -0.05) is 36.2 Å². The monoisotopic (exact) mass is 580 g/mol. The number of rotatable bonds is 9. The third-order valence-corrected chi connectivity index (χ3v) is 8.73. The van der Waals surface area contributed by atoms with Gasteiger partial charge in [0.1, 0.15) is 17.3 Å². The average Bonchev–Trinajstić information content (AvgIpc) is 3.60. The molecule has 8 nitrogen and oxygen atoms in total. The predicted octanol–water partition coefficient (Wildman–Crippen LogP) is 6.75. The molecule has 1 aromatic carbocycles. The number of hydrogen-bond acceptors (Lipinski definition) is 7. The van der Waals surface area contributed by atoms with Crippen molar-refractivity contribution in [2.45, 2.75) is 64.0 Å². The highest BCUT2D eigenvalue weighted by molar-refractivity contribution is 6.35. The summed E-state index contributed by atoms with van der Waals surface area (Å²) in [5, 5.41) is 26.0. The fraction of sp³-hybridized carbons (Fsp3) is 0.414. The second-order valence-corrected chi connectivity index (χ2v) is 11.8. The molecule has 41 heavy (non-hydrogen) atoms. The van der Waals surface area contributed by atoms with Crippen molar-refractivity contribution in [1.29, 1.82) is 5.26 Å². The Morgan fingerprint density at radius 1 is 1.20 bits per heavy atom. The van der Waals surface area contributed by atoms with Gasteiger partial charge in [0.2, 0.25) is 5.95 Å². The van der Waals surface area contributed by atoms with Crippen molar-refractivity contribution in [2.24, 2.45) is 5.41 Å². The van der Waals surface area contributed by atoms with E-state index in [0.29, 0.717) is 69.2 Å². The smallest absolute Gasteiger partial charge is 0.263 e. The van der Waals surface area contributed by atoms with Crippen molar-refractivity contribution in [1.82, 2.24) is 25.0 Å². The fourth-order valence-electron chi connectivity index (χ4n) is 5.50. The number of hydrogen-bond donors (Lipinski definition) is 2. The second kappa shape index (κ2) is 10.2. The van der Waals surface area contributed by atoms with E-state index in [2.05, 4.69) is 43.9 Å². The summed E-state index contributed by atoms with van der Waals surface area (Å²) in [5.74, 6) is -0.636. The highest BCUT2D eigenvalue weighted by Gasteiger charge is 2.54. The average molecular weight is 581 g/mol. The molecule has 3 heterocycles. The maximum atomic E-state index is 13.9. The summed E-state index contributed by atoms with van der Waals surface area (Å²) in [6.45, 7) is 4.59. The summed E-state index contributed by atoms with van der Waals surface area (Å²) < 4.78 is 42.8. The predicted molar refractivity (Wildman–Crippen MR) is 150 cm³/mol. The summed E-state index contributed by atoms with van der Waals surface area (Å²) >= 11 is 6.70. The number of fused-ring (bicyclic) bond motifs is 1. The molecular weight excluding hydrogens is 553 g/mol. The van der Waals surface area contributed by atoms with Crippen LogP contribution in [0, 0.1) is 29.6 Å². The summed E-state index contributed by atoms with van der Waals surface area (Å²) in [6, 6.07) is 7.87. The molecule has 2 aliphatic carbocycles. The van der Waals surface area contributed by atoms with Crippen molar-refractivity contribution >= 4 is 33.9 Å². The minimum absolute atomic E-state index is 0.156. The van der Waals surface area contributed by atoms with Gasteiger partial charge < -0.3 is 10.6 Å². The van der Waals surface area contributed by atoms with Gasteiger partial charge in [-0.25, -0.2) is 18.4 Å². The lowest BCUT2D eigenvalue weighted by Gasteiger charge is -2.38. The number of halogens is 4. The topological polar surface area (TPSA) is 104 Å². The van der Waals surface area contributed by atoms with E-state index in [1.165, 1.54) is 29.6 Å². The van der Waals surface area contributed by atoms with Crippen molar-refractivity contribution in [3.05, 3.63) is 70.1 Å². The van der Waals surface area contributed by atoms with Gasteiger partial charge in [-0.05, 0) is 56.2 Å². The van der Waals surface area contributed by atoms with Gasteiger partial charge in [0, 0.05) is 35.1 Å². The number of nitrogens with zero attached hydrogens (tertiary/aromatic N) is 6. The van der Waals surface area contributed by atoms with E-state index in [9.17, 15) is 18.4 Å². The highest BCUT2D eigenvalue weighted by Crippen LogP contribution is 2.48. The maximum absolute atomic E-state index is 13.9. The van der Waals surface area contributed by atoms with Crippen LogP contribution in [0.2, 0.25) is 5.02 Å². The van der Waals surface area contributed by atoms with Crippen LogP contribution in [0.4, 0.5) is 24.5 Å². The molecule has 0 unspecified atom stereocenters. The first-order valence-corrected chi connectivity index (χ1v) is 13.9. The Balaban J connectivity index is 1.42. The van der Waals surface area contributed by atoms with Crippen molar-refractivity contribution < 1.29 is 13.2 Å². The van der Waals surface area contributed by atoms with Crippen LogP contribution < -0.4 is 10.6 Å². The minimum atomic E-state index is -2.58. The lowest BCUT2D eigenvalue weighted by molar-refractivity contribution is 0.0593. The fourth-order valence-corrected chi connectivity index (χ4v) is 5.77. The van der Waals surface area contributed by atoms with Crippen LogP contribution in [0.3, 0.4) is 0 Å². The number of benzene rings is 1. The molecule has 12 heteroatoms. The van der Waals surface area contributed by atoms with Crippen LogP contribution in [0.5, 0.6) is 0 Å². The third-order valence-electron chi connectivity index (χ3n) is 8.44. The number of nitrogens with one attached hydrogen (secondary N) is 2. The number of pyridine rings is 2. The standard InChI is InChI=1S/C29H28ClF3N8/c1-16-19(4-5-23(31)37-16)26(22-14-41(40-39-22)29(8-9-29)27(32)33)38-18-10-20-24(36-15-28(2)6-3-7-28)17(12-34)13-35-25(20)21(30)11-18/h4-5,10-11,13-14,26-27,38H,3,6-9,15H2,1-2H3,(H,35,36)/t26-/m0/s1. The molecule has 2 fully saturated rings. The number of anilines is 2. The second-order valence-electron chi connectivity index (χ2n) is 11.4. The van der Waals surface area contributed by atoms with E-state index >= 15 is 0 Å². The Morgan fingerprint density at radius 2 is 1.98 bits per heavy atom. The highest BCUT2D eigenvalue weighted by atomic mass is 35.5. The van der Waals surface area contributed by atoms with Crippen molar-refractivity contribution in [2.75, 3.05) is 17.2 Å². The van der Waals surface area contributed by atoms with E-state index in [4.69, 9.17) is 11.6 Å². The SMILES string of the molecule is Cc1nc(F)ccc1[C@H](Nc1cc(Cl)c2ncc(C#N)c(NCC3(C)CCC3)c2c1)c1cn(C2(C(F)F)CC2)nn1. The molecule has 2 aliphatic rings. The zero-order valence-corrected chi connectivity index (χ0v) is 23.3. The van der Waals surface area contributed by atoms with Crippen molar-refractivity contribution in [3.8, 4) is 6.07 Å². The zero-order valence-electron chi connectivity index (χ0n) is 22.6. The first-order valence-electron chi connectivity index (χ1n) is 13.5. The minimum Gasteiger partial charge on any atom is -0.383 e. The molecular formula is C29H28ClF3N8. The normalized spacial score (nSPS) is 17.6. The summed E-state index contributed by atoms with van der Waals surface area (Å²) in [4.78, 5) is 8.39. The number of aromatic nitrogens is 5. The molecule has 2 N–H and O–H groups in total. The van der Waals surface area contributed by atoms with E-state index in [-0.39, 0.29) is 5.41 Å². The largest absolute Gasteiger partial charge is 0.383 e. The quantitative estimate of drug-likeness (QED) is 0.211. The molecule has 6 rings (SSSR count). The molecule has 4 aromatic rings. The molecule has 0 aliphatic heterocycles. The summed E-state index contributed by atoms with van der Waals surface area (Å²) in [7, 11) is 0. The van der Waals surface area contributed by atoms with Crippen LogP contribution in [0.1, 0.15) is 67.6 Å². The molecule has 0 amide bonds. The molecule has 0 saturated heterocycles. The first kappa shape index (κ1) is 27.3. The van der Waals surface area contributed by atoms with Gasteiger partial charge in [0.05, 0.1) is 34.0 Å². The third kappa shape index (κ3) is 4.95. The Morgan fingerprint density at radius 3 is 2.61 bits per heavy atom. The number of aryl methyl sites for hydroxylation is 1. The van der Waals surface area contributed by atoms with E-state index in [1.807, 2.05) is 6.07 Å². The lowest BCUT2D eigenvalue weighted by Crippen LogP contribution is -2.33. The van der Waals surface area contributed by atoms with Crippen LogP contribution in [0.15, 0.2) is 36.7 Å². The molecule has 3 aromatic heterocycles. The summed E-state index contributed by atoms with van der Waals surface area (Å²) in [5.41, 5.74) is 2.31. The van der Waals surface area contributed by atoms with E-state index in [1.54, 1.807) is 19.1 Å². The lowest BCUT2D eigenvalue weighted by atomic mass is 9.70. The zero-order chi connectivity index (χ0) is 28.9. The Labute approximate surface area is 239 Å². The van der Waals surface area contributed by atoms with Gasteiger partial charge in [-0.3, -0.25) is 4.98 Å². The molecule has 2 saturated carbocycles. The molecule has 0 bridgehead atoms. The van der Waals surface area contributed by atoms with Crippen molar-refractivity contribution in [3.63, 3.8) is 0 Å². The van der Waals surface area contributed by atoms with Gasteiger partial charge in [0.15, 0.2) is 0 Å². The molecule has 0 radical (unpaired) electrons. The Hall–Kier alpha value is -3.91. The number of alkyl halides is 2. The van der Waals surface area contributed by atoms with Gasteiger partial charge in [0.25, 0.3) is 6.43 Å². The Bertz CT molecular complexity index is 1670. The van der Waals surface area contributed by atoms with Crippen LogP contribution in [0.25, 0.3) is 10.9 Å². The van der Waals surface area contributed by atoms with E-state index in [0.717, 1.165) is 12.8 Å². The van der Waals surface area contributed by atoms with Crippen LogP contribution >= 0.6 is 11.6 Å². The summed E-state index contributed by atoms with van der Waals surface area (Å²) in [6.07, 6.45) is 4.46. The Kier molecular flexibility index (Phi) is 6.77. The maximum Gasteiger partial charge on any atom is 0.263 e. The van der Waals surface area contributed by atoms with Gasteiger partial charge in [-0.15, -0.1) is 5.10 Å². The molecule has 212 valence electrons. The van der Waals surface area contributed by atoms with Gasteiger partial charge in [-0.2, -0.15) is 9.65 Å². The molecule has 0 spiro atoms.